The van der Waals surface area contributed by atoms with Crippen LogP contribution in [0.3, 0.4) is 0 Å². The number of hydrogen-bond donors (Lipinski definition) is 2. The highest BCUT2D eigenvalue weighted by atomic mass is 16.2. The zero-order valence-electron chi connectivity index (χ0n) is 20.5. The number of piperidine rings is 1. The number of carbonyl (C=O) groups is 3. The van der Waals surface area contributed by atoms with Crippen LogP contribution in [0.25, 0.3) is 0 Å². The molecule has 1 aliphatic heterocycles. The van der Waals surface area contributed by atoms with Gasteiger partial charge in [-0.2, -0.15) is 0 Å². The number of likely N-dealkylation sites (tertiary alicyclic amines) is 1. The fourth-order valence-corrected chi connectivity index (χ4v) is 4.23. The lowest BCUT2D eigenvalue weighted by Crippen LogP contribution is -2.55. The molecule has 0 aromatic heterocycles. The molecule has 1 fully saturated rings. The van der Waals surface area contributed by atoms with Crippen molar-refractivity contribution in [3.63, 3.8) is 0 Å². The highest BCUT2D eigenvalue weighted by molar-refractivity contribution is 5.97. The van der Waals surface area contributed by atoms with Gasteiger partial charge in [-0.1, -0.05) is 62.4 Å². The monoisotopic (exact) mass is 463 g/mol. The lowest BCUT2D eigenvalue weighted by molar-refractivity contribution is -0.133. The summed E-state index contributed by atoms with van der Waals surface area (Å²) in [5, 5.41) is 6.06. The van der Waals surface area contributed by atoms with E-state index in [-0.39, 0.29) is 29.7 Å². The molecule has 2 aromatic carbocycles. The number of nitrogens with one attached hydrogen (secondary N) is 2. The topological polar surface area (TPSA) is 78.5 Å². The first kappa shape index (κ1) is 25.5. The van der Waals surface area contributed by atoms with Crippen LogP contribution < -0.4 is 10.6 Å². The molecule has 6 heteroatoms. The molecule has 0 aliphatic carbocycles. The molecule has 0 spiro atoms. The highest BCUT2D eigenvalue weighted by Gasteiger charge is 2.34. The molecule has 6 nitrogen and oxygen atoms in total. The maximum absolute atomic E-state index is 13.2. The summed E-state index contributed by atoms with van der Waals surface area (Å²) in [6.07, 6.45) is 2.57. The van der Waals surface area contributed by atoms with Crippen molar-refractivity contribution in [2.24, 2.45) is 11.8 Å². The quantitative estimate of drug-likeness (QED) is 0.594. The van der Waals surface area contributed by atoms with Crippen LogP contribution in [0.15, 0.2) is 60.7 Å². The van der Waals surface area contributed by atoms with Gasteiger partial charge in [0.2, 0.25) is 11.8 Å². The van der Waals surface area contributed by atoms with Crippen molar-refractivity contribution in [3.05, 3.63) is 71.8 Å². The van der Waals surface area contributed by atoms with Crippen molar-refractivity contribution in [1.82, 2.24) is 15.5 Å². The van der Waals surface area contributed by atoms with E-state index in [2.05, 4.69) is 24.5 Å². The van der Waals surface area contributed by atoms with Crippen LogP contribution in [0.2, 0.25) is 0 Å². The molecule has 1 saturated heterocycles. The molecule has 182 valence electrons. The van der Waals surface area contributed by atoms with E-state index in [9.17, 15) is 14.4 Å². The summed E-state index contributed by atoms with van der Waals surface area (Å²) in [4.78, 5) is 40.7. The second-order valence-electron chi connectivity index (χ2n) is 9.56. The predicted molar refractivity (Wildman–Crippen MR) is 134 cm³/mol. The molecule has 1 aliphatic rings. The van der Waals surface area contributed by atoms with E-state index in [1.54, 1.807) is 12.1 Å². The number of amides is 3. The van der Waals surface area contributed by atoms with E-state index in [0.717, 1.165) is 12.0 Å². The van der Waals surface area contributed by atoms with Crippen LogP contribution in [0.4, 0.5) is 0 Å². The summed E-state index contributed by atoms with van der Waals surface area (Å²) in [6, 6.07) is 18.4. The van der Waals surface area contributed by atoms with E-state index in [0.29, 0.717) is 43.8 Å². The minimum atomic E-state index is -0.629. The van der Waals surface area contributed by atoms with Crippen LogP contribution in [-0.4, -0.2) is 47.8 Å². The molecule has 0 unspecified atom stereocenters. The molecule has 34 heavy (non-hydrogen) atoms. The highest BCUT2D eigenvalue weighted by Crippen LogP contribution is 2.23. The van der Waals surface area contributed by atoms with E-state index in [1.807, 2.05) is 60.4 Å². The SMILES string of the molecule is CC(C)[C@@H](C)NC(=O)[C@H](NC(=O)c1ccccc1)C1CCN(C(=O)CCc2ccccc2)CC1. The summed E-state index contributed by atoms with van der Waals surface area (Å²) in [5.74, 6) is 0.00686. The Hall–Kier alpha value is -3.15. The summed E-state index contributed by atoms with van der Waals surface area (Å²) < 4.78 is 0. The van der Waals surface area contributed by atoms with Gasteiger partial charge in [0.05, 0.1) is 0 Å². The third-order valence-corrected chi connectivity index (χ3v) is 6.81. The van der Waals surface area contributed by atoms with Gasteiger partial charge in [0.1, 0.15) is 6.04 Å². The third-order valence-electron chi connectivity index (χ3n) is 6.81. The van der Waals surface area contributed by atoms with Gasteiger partial charge in [-0.25, -0.2) is 0 Å². The molecule has 3 amide bonds. The predicted octanol–water partition coefficient (Wildman–Crippen LogP) is 3.82. The molecule has 2 aromatic rings. The smallest absolute Gasteiger partial charge is 0.251 e. The van der Waals surface area contributed by atoms with Gasteiger partial charge in [-0.05, 0) is 55.7 Å². The average Bonchev–Trinajstić information content (AvgIpc) is 2.86. The van der Waals surface area contributed by atoms with Gasteiger partial charge in [0, 0.05) is 31.1 Å². The van der Waals surface area contributed by atoms with Gasteiger partial charge in [0.25, 0.3) is 5.91 Å². The van der Waals surface area contributed by atoms with Crippen molar-refractivity contribution in [1.29, 1.82) is 0 Å². The molecule has 3 rings (SSSR count). The van der Waals surface area contributed by atoms with Crippen molar-refractivity contribution in [2.45, 2.75) is 58.5 Å². The Morgan fingerprint density at radius 2 is 1.47 bits per heavy atom. The van der Waals surface area contributed by atoms with Crippen LogP contribution in [0, 0.1) is 11.8 Å². The van der Waals surface area contributed by atoms with Gasteiger partial charge in [-0.3, -0.25) is 14.4 Å². The van der Waals surface area contributed by atoms with Crippen molar-refractivity contribution >= 4 is 17.7 Å². The minimum Gasteiger partial charge on any atom is -0.352 e. The first-order valence-electron chi connectivity index (χ1n) is 12.3. The van der Waals surface area contributed by atoms with Crippen LogP contribution in [-0.2, 0) is 16.0 Å². The molecule has 0 radical (unpaired) electrons. The normalized spacial score (nSPS) is 16.1. The Bertz CT molecular complexity index is 938. The van der Waals surface area contributed by atoms with Gasteiger partial charge in [0.15, 0.2) is 0 Å². The summed E-state index contributed by atoms with van der Waals surface area (Å²) in [7, 11) is 0. The largest absolute Gasteiger partial charge is 0.352 e. The van der Waals surface area contributed by atoms with Crippen LogP contribution >= 0.6 is 0 Å². The first-order chi connectivity index (χ1) is 16.3. The van der Waals surface area contributed by atoms with Crippen LogP contribution in [0.1, 0.15) is 56.0 Å². The molecule has 0 bridgehead atoms. The Morgan fingerprint density at radius 3 is 2.06 bits per heavy atom. The van der Waals surface area contributed by atoms with Crippen LogP contribution in [0.5, 0.6) is 0 Å². The lowest BCUT2D eigenvalue weighted by Gasteiger charge is -2.36. The minimum absolute atomic E-state index is 0.00304. The zero-order valence-corrected chi connectivity index (χ0v) is 20.5. The third kappa shape index (κ3) is 7.17. The molecule has 2 atom stereocenters. The van der Waals surface area contributed by atoms with E-state index in [4.69, 9.17) is 0 Å². The first-order valence-corrected chi connectivity index (χ1v) is 12.3. The maximum Gasteiger partial charge on any atom is 0.251 e. The Morgan fingerprint density at radius 1 is 0.882 bits per heavy atom. The second-order valence-corrected chi connectivity index (χ2v) is 9.56. The molecular weight excluding hydrogens is 426 g/mol. The summed E-state index contributed by atoms with van der Waals surface area (Å²) >= 11 is 0. The van der Waals surface area contributed by atoms with Gasteiger partial charge >= 0.3 is 0 Å². The van der Waals surface area contributed by atoms with Gasteiger partial charge < -0.3 is 15.5 Å². The Balaban J connectivity index is 1.61. The number of benzene rings is 2. The van der Waals surface area contributed by atoms with E-state index in [1.165, 1.54) is 0 Å². The second kappa shape index (κ2) is 12.4. The fourth-order valence-electron chi connectivity index (χ4n) is 4.23. The number of nitrogens with zero attached hydrogens (tertiary/aromatic N) is 1. The number of hydrogen-bond acceptors (Lipinski definition) is 3. The maximum atomic E-state index is 13.2. The lowest BCUT2D eigenvalue weighted by atomic mass is 9.88. The van der Waals surface area contributed by atoms with Crippen molar-refractivity contribution in [3.8, 4) is 0 Å². The number of rotatable bonds is 9. The van der Waals surface area contributed by atoms with E-state index < -0.39 is 6.04 Å². The van der Waals surface area contributed by atoms with Crippen molar-refractivity contribution < 1.29 is 14.4 Å². The summed E-state index contributed by atoms with van der Waals surface area (Å²) in [6.45, 7) is 7.29. The zero-order chi connectivity index (χ0) is 24.5. The molecule has 2 N–H and O–H groups in total. The standard InChI is InChI=1S/C28H37N3O3/c1-20(2)21(3)29-28(34)26(30-27(33)24-12-8-5-9-13-24)23-16-18-31(19-17-23)25(32)15-14-22-10-6-4-7-11-22/h4-13,20-21,23,26H,14-19H2,1-3H3,(H,29,34)(H,30,33)/t21-,26-/m1/s1. The molecule has 0 saturated carbocycles. The Kier molecular flexibility index (Phi) is 9.25. The molecular formula is C28H37N3O3. The van der Waals surface area contributed by atoms with Crippen molar-refractivity contribution in [2.75, 3.05) is 13.1 Å². The van der Waals surface area contributed by atoms with E-state index >= 15 is 0 Å². The molecule has 1 heterocycles. The average molecular weight is 464 g/mol. The number of carbonyl (C=O) groups excluding carboxylic acids is 3. The summed E-state index contributed by atoms with van der Waals surface area (Å²) in [5.41, 5.74) is 1.69. The van der Waals surface area contributed by atoms with Gasteiger partial charge in [-0.15, -0.1) is 0 Å². The fraction of sp³-hybridized carbons (Fsp3) is 0.464. The Labute approximate surface area is 203 Å². The number of aryl methyl sites for hydroxylation is 1.